The van der Waals surface area contributed by atoms with Crippen molar-refractivity contribution in [2.75, 3.05) is 25.0 Å². The van der Waals surface area contributed by atoms with E-state index in [9.17, 15) is 8.78 Å². The summed E-state index contributed by atoms with van der Waals surface area (Å²) in [7, 11) is 0. The zero-order valence-corrected chi connectivity index (χ0v) is 12.3. The van der Waals surface area contributed by atoms with Crippen LogP contribution in [-0.4, -0.2) is 26.2 Å². The lowest BCUT2D eigenvalue weighted by atomic mass is 9.98. The summed E-state index contributed by atoms with van der Waals surface area (Å²) < 4.78 is 28.7. The third-order valence-corrected chi connectivity index (χ3v) is 3.82. The van der Waals surface area contributed by atoms with Crippen molar-refractivity contribution in [1.29, 1.82) is 0 Å². The van der Waals surface area contributed by atoms with E-state index in [0.717, 1.165) is 32.5 Å². The van der Waals surface area contributed by atoms with Gasteiger partial charge in [0.15, 0.2) is 5.75 Å². The Balaban J connectivity index is 1.98. The molecule has 1 heterocycles. The second-order valence-electron chi connectivity index (χ2n) is 4.72. The zero-order valence-electron chi connectivity index (χ0n) is 10.8. The van der Waals surface area contributed by atoms with Gasteiger partial charge in [-0.2, -0.15) is 8.78 Å². The van der Waals surface area contributed by atoms with E-state index in [1.54, 1.807) is 12.1 Å². The maximum atomic E-state index is 12.2. The highest BCUT2D eigenvalue weighted by atomic mass is 35.5. The smallest absolute Gasteiger partial charge is 0.387 e. The number of nitrogens with one attached hydrogen (secondary N) is 2. The fourth-order valence-electron chi connectivity index (χ4n) is 2.21. The molecular formula is C13H16Cl2F2N2O. The Morgan fingerprint density at radius 3 is 2.40 bits per heavy atom. The van der Waals surface area contributed by atoms with Crippen molar-refractivity contribution in [1.82, 2.24) is 5.32 Å². The summed E-state index contributed by atoms with van der Waals surface area (Å²) in [5.74, 6) is 0.404. The van der Waals surface area contributed by atoms with Crippen LogP contribution in [0.15, 0.2) is 12.1 Å². The van der Waals surface area contributed by atoms with Gasteiger partial charge in [-0.05, 0) is 44.0 Å². The molecule has 2 N–H and O–H groups in total. The average molecular weight is 325 g/mol. The van der Waals surface area contributed by atoms with Crippen molar-refractivity contribution in [2.24, 2.45) is 5.92 Å². The molecule has 3 nitrogen and oxygen atoms in total. The van der Waals surface area contributed by atoms with Crippen LogP contribution in [0.25, 0.3) is 0 Å². The van der Waals surface area contributed by atoms with Crippen LogP contribution in [0, 0.1) is 5.92 Å². The molecule has 1 fully saturated rings. The highest BCUT2D eigenvalue weighted by molar-refractivity contribution is 6.37. The Morgan fingerprint density at radius 1 is 1.25 bits per heavy atom. The first-order valence-electron chi connectivity index (χ1n) is 6.44. The number of ether oxygens (including phenoxy) is 1. The molecule has 1 aliphatic heterocycles. The molecule has 1 saturated heterocycles. The van der Waals surface area contributed by atoms with Gasteiger partial charge < -0.3 is 15.4 Å². The summed E-state index contributed by atoms with van der Waals surface area (Å²) in [6, 6.07) is 3.10. The lowest BCUT2D eigenvalue weighted by molar-refractivity contribution is -0.0497. The second kappa shape index (κ2) is 7.29. The molecule has 1 aliphatic rings. The minimum atomic E-state index is -2.95. The molecule has 0 aromatic heterocycles. The minimum Gasteiger partial charge on any atom is -0.432 e. The Hall–Kier alpha value is -0.780. The van der Waals surface area contributed by atoms with Crippen LogP contribution >= 0.6 is 23.2 Å². The van der Waals surface area contributed by atoms with Gasteiger partial charge in [-0.3, -0.25) is 0 Å². The number of alkyl halides is 2. The SMILES string of the molecule is FC(F)Oc1c(Cl)cc(NCC2CCNCC2)cc1Cl. The minimum absolute atomic E-state index is 0.0746. The molecule has 0 saturated carbocycles. The number of rotatable bonds is 5. The summed E-state index contributed by atoms with van der Waals surface area (Å²) in [6.07, 6.45) is 2.22. The van der Waals surface area contributed by atoms with Crippen LogP contribution in [0.3, 0.4) is 0 Å². The number of hydrogen-bond donors (Lipinski definition) is 2. The van der Waals surface area contributed by atoms with Gasteiger partial charge in [0.25, 0.3) is 0 Å². The maximum absolute atomic E-state index is 12.2. The number of anilines is 1. The van der Waals surface area contributed by atoms with Crippen molar-refractivity contribution < 1.29 is 13.5 Å². The van der Waals surface area contributed by atoms with Crippen molar-refractivity contribution in [2.45, 2.75) is 19.5 Å². The van der Waals surface area contributed by atoms with E-state index in [-0.39, 0.29) is 15.8 Å². The van der Waals surface area contributed by atoms with Gasteiger partial charge in [0.1, 0.15) is 0 Å². The van der Waals surface area contributed by atoms with Gasteiger partial charge >= 0.3 is 6.61 Å². The lowest BCUT2D eigenvalue weighted by Crippen LogP contribution is -2.31. The third-order valence-electron chi connectivity index (χ3n) is 3.26. The van der Waals surface area contributed by atoms with Crippen molar-refractivity contribution >= 4 is 28.9 Å². The number of benzene rings is 1. The number of hydrogen-bond acceptors (Lipinski definition) is 3. The number of piperidine rings is 1. The first-order chi connectivity index (χ1) is 9.56. The molecule has 2 rings (SSSR count). The molecule has 1 aromatic carbocycles. The van der Waals surface area contributed by atoms with Crippen LogP contribution in [0.5, 0.6) is 5.75 Å². The van der Waals surface area contributed by atoms with Gasteiger partial charge in [-0.25, -0.2) is 0 Å². The lowest BCUT2D eigenvalue weighted by Gasteiger charge is -2.23. The largest absolute Gasteiger partial charge is 0.432 e. The van der Waals surface area contributed by atoms with E-state index >= 15 is 0 Å². The van der Waals surface area contributed by atoms with Crippen LogP contribution in [0.4, 0.5) is 14.5 Å². The topological polar surface area (TPSA) is 33.3 Å². The molecule has 0 bridgehead atoms. The van der Waals surface area contributed by atoms with Crippen LogP contribution in [-0.2, 0) is 0 Å². The predicted molar refractivity (Wildman–Crippen MR) is 77.2 cm³/mol. The van der Waals surface area contributed by atoms with E-state index in [2.05, 4.69) is 15.4 Å². The Morgan fingerprint density at radius 2 is 1.85 bits per heavy atom. The van der Waals surface area contributed by atoms with E-state index < -0.39 is 6.61 Å². The Kier molecular flexibility index (Phi) is 5.69. The predicted octanol–water partition coefficient (Wildman–Crippen LogP) is 4.01. The summed E-state index contributed by atoms with van der Waals surface area (Å²) in [6.45, 7) is -0.0912. The quantitative estimate of drug-likeness (QED) is 0.858. The Bertz CT molecular complexity index is 431. The molecule has 0 amide bonds. The molecule has 0 unspecified atom stereocenters. The van der Waals surface area contributed by atoms with Crippen LogP contribution in [0.1, 0.15) is 12.8 Å². The molecule has 20 heavy (non-hydrogen) atoms. The molecular weight excluding hydrogens is 309 g/mol. The molecule has 1 aromatic rings. The summed E-state index contributed by atoms with van der Waals surface area (Å²) in [5.41, 5.74) is 0.708. The molecule has 0 spiro atoms. The standard InChI is InChI=1S/C13H16Cl2F2N2O/c14-10-5-9(6-11(15)12(10)20-13(16)17)19-7-8-1-3-18-4-2-8/h5-6,8,13,18-19H,1-4,7H2. The highest BCUT2D eigenvalue weighted by Gasteiger charge is 2.16. The fraction of sp³-hybridized carbons (Fsp3) is 0.538. The normalized spacial score (nSPS) is 16.4. The fourth-order valence-corrected chi connectivity index (χ4v) is 2.79. The molecule has 0 aliphatic carbocycles. The van der Waals surface area contributed by atoms with Gasteiger partial charge in [0, 0.05) is 12.2 Å². The van der Waals surface area contributed by atoms with Crippen LogP contribution < -0.4 is 15.4 Å². The molecule has 7 heteroatoms. The molecule has 0 radical (unpaired) electrons. The van der Waals surface area contributed by atoms with Crippen molar-refractivity contribution in [3.05, 3.63) is 22.2 Å². The summed E-state index contributed by atoms with van der Waals surface area (Å²) in [5, 5.41) is 6.69. The maximum Gasteiger partial charge on any atom is 0.387 e. The van der Waals surface area contributed by atoms with E-state index in [4.69, 9.17) is 23.2 Å². The summed E-state index contributed by atoms with van der Waals surface area (Å²) >= 11 is 11.8. The van der Waals surface area contributed by atoms with E-state index in [0.29, 0.717) is 11.6 Å². The monoisotopic (exact) mass is 324 g/mol. The third kappa shape index (κ3) is 4.36. The second-order valence-corrected chi connectivity index (χ2v) is 5.54. The van der Waals surface area contributed by atoms with E-state index in [1.165, 1.54) is 0 Å². The van der Waals surface area contributed by atoms with Crippen LogP contribution in [0.2, 0.25) is 10.0 Å². The average Bonchev–Trinajstić information content (AvgIpc) is 2.41. The van der Waals surface area contributed by atoms with Crippen molar-refractivity contribution in [3.8, 4) is 5.75 Å². The van der Waals surface area contributed by atoms with Gasteiger partial charge in [-0.1, -0.05) is 23.2 Å². The first-order valence-corrected chi connectivity index (χ1v) is 7.20. The van der Waals surface area contributed by atoms with Gasteiger partial charge in [0.2, 0.25) is 0 Å². The van der Waals surface area contributed by atoms with Gasteiger partial charge in [0.05, 0.1) is 10.0 Å². The van der Waals surface area contributed by atoms with Crippen molar-refractivity contribution in [3.63, 3.8) is 0 Å². The Labute approximate surface area is 126 Å². The van der Waals surface area contributed by atoms with E-state index in [1.807, 2.05) is 0 Å². The summed E-state index contributed by atoms with van der Waals surface area (Å²) in [4.78, 5) is 0. The molecule has 112 valence electrons. The molecule has 0 atom stereocenters. The highest BCUT2D eigenvalue weighted by Crippen LogP contribution is 2.37. The zero-order chi connectivity index (χ0) is 14.5. The number of halogens is 4. The van der Waals surface area contributed by atoms with Gasteiger partial charge in [-0.15, -0.1) is 0 Å². The first kappa shape index (κ1) is 15.6.